The SMILES string of the molecule is CC(C)N1CCC(N2CCC(CNC(=O)c3ccc(Cl)s3)S2(=O)=O)CC1. The van der Waals surface area contributed by atoms with Crippen LogP contribution in [0.1, 0.15) is 42.8 Å². The number of amides is 1. The predicted molar refractivity (Wildman–Crippen MR) is 105 cm³/mol. The average Bonchev–Trinajstić information content (AvgIpc) is 3.15. The highest BCUT2D eigenvalue weighted by atomic mass is 35.5. The van der Waals surface area contributed by atoms with Crippen molar-refractivity contribution < 1.29 is 13.2 Å². The van der Waals surface area contributed by atoms with Gasteiger partial charge in [-0.1, -0.05) is 11.6 Å². The van der Waals surface area contributed by atoms with Crippen molar-refractivity contribution in [3.63, 3.8) is 0 Å². The molecule has 0 aromatic carbocycles. The van der Waals surface area contributed by atoms with E-state index < -0.39 is 15.3 Å². The van der Waals surface area contributed by atoms with Crippen LogP contribution in [-0.4, -0.2) is 67.0 Å². The van der Waals surface area contributed by atoms with Gasteiger partial charge in [-0.15, -0.1) is 11.3 Å². The molecule has 3 rings (SSSR count). The van der Waals surface area contributed by atoms with E-state index in [1.165, 1.54) is 11.3 Å². The molecular weight excluding hydrogens is 394 g/mol. The molecule has 0 saturated carbocycles. The lowest BCUT2D eigenvalue weighted by Crippen LogP contribution is -2.48. The molecule has 2 aliphatic heterocycles. The van der Waals surface area contributed by atoms with Crippen molar-refractivity contribution in [2.45, 2.75) is 50.4 Å². The van der Waals surface area contributed by atoms with Crippen LogP contribution in [0.5, 0.6) is 0 Å². The summed E-state index contributed by atoms with van der Waals surface area (Å²) < 4.78 is 28.0. The number of nitrogens with one attached hydrogen (secondary N) is 1. The van der Waals surface area contributed by atoms with E-state index >= 15 is 0 Å². The van der Waals surface area contributed by atoms with Crippen LogP contribution in [0, 0.1) is 0 Å². The number of likely N-dealkylation sites (tertiary alicyclic amines) is 1. The molecule has 2 saturated heterocycles. The summed E-state index contributed by atoms with van der Waals surface area (Å²) in [5.74, 6) is -0.263. The van der Waals surface area contributed by atoms with Crippen LogP contribution in [0.3, 0.4) is 0 Å². The Morgan fingerprint density at radius 3 is 2.54 bits per heavy atom. The van der Waals surface area contributed by atoms with E-state index in [1.54, 1.807) is 16.4 Å². The number of carbonyl (C=O) groups is 1. The van der Waals surface area contributed by atoms with Crippen molar-refractivity contribution in [3.05, 3.63) is 21.3 Å². The molecular formula is C17H26ClN3O3S2. The van der Waals surface area contributed by atoms with Crippen LogP contribution >= 0.6 is 22.9 Å². The van der Waals surface area contributed by atoms with Crippen molar-refractivity contribution in [3.8, 4) is 0 Å². The lowest BCUT2D eigenvalue weighted by atomic mass is 10.0. The standard InChI is InChI=1S/C17H26ClN3O3S2/c1-12(2)20-8-5-13(6-9-20)21-10-7-14(26(21,23)24)11-19-17(22)15-3-4-16(18)25-15/h3-4,12-14H,5-11H2,1-2H3,(H,19,22). The monoisotopic (exact) mass is 419 g/mol. The van der Waals surface area contributed by atoms with Gasteiger partial charge in [0.2, 0.25) is 10.0 Å². The first kappa shape index (κ1) is 20.1. The number of hydrogen-bond acceptors (Lipinski definition) is 5. The molecule has 0 bridgehead atoms. The fourth-order valence-electron chi connectivity index (χ4n) is 3.76. The zero-order chi connectivity index (χ0) is 18.9. The van der Waals surface area contributed by atoms with Crippen LogP contribution in [0.25, 0.3) is 0 Å². The second-order valence-corrected chi connectivity index (χ2v) is 11.1. The summed E-state index contributed by atoms with van der Waals surface area (Å²) in [6.07, 6.45) is 2.33. The van der Waals surface area contributed by atoms with Crippen molar-refractivity contribution in [1.82, 2.24) is 14.5 Å². The Kier molecular flexibility index (Phi) is 6.29. The second-order valence-electron chi connectivity index (χ2n) is 7.24. The summed E-state index contributed by atoms with van der Waals surface area (Å²) in [6.45, 7) is 6.93. The summed E-state index contributed by atoms with van der Waals surface area (Å²) in [7, 11) is -3.36. The van der Waals surface area contributed by atoms with E-state index in [4.69, 9.17) is 11.6 Å². The molecule has 0 radical (unpaired) electrons. The van der Waals surface area contributed by atoms with Gasteiger partial charge in [0.25, 0.3) is 5.91 Å². The van der Waals surface area contributed by atoms with Gasteiger partial charge in [-0.3, -0.25) is 4.79 Å². The van der Waals surface area contributed by atoms with E-state index in [9.17, 15) is 13.2 Å². The topological polar surface area (TPSA) is 69.7 Å². The number of thiophene rings is 1. The van der Waals surface area contributed by atoms with Crippen molar-refractivity contribution >= 4 is 38.9 Å². The molecule has 1 aromatic rings. The molecule has 3 heterocycles. The van der Waals surface area contributed by atoms with Gasteiger partial charge in [-0.05, 0) is 58.3 Å². The first-order valence-corrected chi connectivity index (χ1v) is 11.8. The van der Waals surface area contributed by atoms with E-state index in [1.807, 2.05) is 0 Å². The Bertz CT molecular complexity index is 742. The average molecular weight is 420 g/mol. The zero-order valence-electron chi connectivity index (χ0n) is 15.2. The fourth-order valence-corrected chi connectivity index (χ4v) is 6.78. The minimum absolute atomic E-state index is 0.0896. The van der Waals surface area contributed by atoms with Gasteiger partial charge in [0.1, 0.15) is 0 Å². The molecule has 2 aliphatic rings. The Morgan fingerprint density at radius 1 is 1.27 bits per heavy atom. The van der Waals surface area contributed by atoms with Gasteiger partial charge in [0.05, 0.1) is 14.5 Å². The molecule has 146 valence electrons. The minimum Gasteiger partial charge on any atom is -0.350 e. The number of sulfonamides is 1. The maximum atomic E-state index is 12.9. The number of halogens is 1. The van der Waals surface area contributed by atoms with Crippen molar-refractivity contribution in [2.75, 3.05) is 26.2 Å². The maximum Gasteiger partial charge on any atom is 0.261 e. The van der Waals surface area contributed by atoms with Gasteiger partial charge in [-0.25, -0.2) is 8.42 Å². The molecule has 1 aromatic heterocycles. The largest absolute Gasteiger partial charge is 0.350 e. The van der Waals surface area contributed by atoms with Gasteiger partial charge in [0.15, 0.2) is 0 Å². The third-order valence-electron chi connectivity index (χ3n) is 5.34. The van der Waals surface area contributed by atoms with Gasteiger partial charge >= 0.3 is 0 Å². The molecule has 1 amide bonds. The van der Waals surface area contributed by atoms with Crippen LogP contribution in [-0.2, 0) is 10.0 Å². The molecule has 0 spiro atoms. The second kappa shape index (κ2) is 8.14. The zero-order valence-corrected chi connectivity index (χ0v) is 17.5. The Labute approximate surface area is 164 Å². The van der Waals surface area contributed by atoms with Crippen molar-refractivity contribution in [2.24, 2.45) is 0 Å². The fraction of sp³-hybridized carbons (Fsp3) is 0.706. The summed E-state index contributed by atoms with van der Waals surface area (Å²) in [5, 5.41) is 2.22. The quantitative estimate of drug-likeness (QED) is 0.795. The van der Waals surface area contributed by atoms with Crippen molar-refractivity contribution in [1.29, 1.82) is 0 Å². The first-order valence-electron chi connectivity index (χ1n) is 9.07. The highest BCUT2D eigenvalue weighted by molar-refractivity contribution is 7.90. The normalized spacial score (nSPS) is 25.0. The number of rotatable bonds is 5. The molecule has 1 unspecified atom stereocenters. The number of carbonyl (C=O) groups excluding carboxylic acids is 1. The Balaban J connectivity index is 1.56. The third-order valence-corrected chi connectivity index (χ3v) is 8.95. The number of nitrogens with zero attached hydrogens (tertiary/aromatic N) is 2. The maximum absolute atomic E-state index is 12.9. The van der Waals surface area contributed by atoms with Crippen LogP contribution in [0.4, 0.5) is 0 Å². The Hall–Kier alpha value is -0.670. The number of piperidine rings is 1. The van der Waals surface area contributed by atoms with Gasteiger partial charge in [-0.2, -0.15) is 4.31 Å². The third kappa shape index (κ3) is 4.25. The lowest BCUT2D eigenvalue weighted by Gasteiger charge is -2.37. The first-order chi connectivity index (χ1) is 12.3. The van der Waals surface area contributed by atoms with Crippen LogP contribution in [0.2, 0.25) is 4.34 Å². The summed E-state index contributed by atoms with van der Waals surface area (Å²) >= 11 is 7.04. The molecule has 9 heteroatoms. The molecule has 6 nitrogen and oxygen atoms in total. The molecule has 0 aliphatic carbocycles. The highest BCUT2D eigenvalue weighted by Gasteiger charge is 2.43. The Morgan fingerprint density at radius 2 is 1.96 bits per heavy atom. The van der Waals surface area contributed by atoms with Gasteiger partial charge < -0.3 is 10.2 Å². The van der Waals surface area contributed by atoms with E-state index in [2.05, 4.69) is 24.1 Å². The number of hydrogen-bond donors (Lipinski definition) is 1. The lowest BCUT2D eigenvalue weighted by molar-refractivity contribution is 0.0957. The molecule has 26 heavy (non-hydrogen) atoms. The smallest absolute Gasteiger partial charge is 0.261 e. The molecule has 1 atom stereocenters. The van der Waals surface area contributed by atoms with E-state index in [0.717, 1.165) is 25.9 Å². The summed E-state index contributed by atoms with van der Waals surface area (Å²) in [4.78, 5) is 15.0. The van der Waals surface area contributed by atoms with E-state index in [0.29, 0.717) is 28.2 Å². The van der Waals surface area contributed by atoms with Gasteiger partial charge in [0, 0.05) is 25.2 Å². The summed E-state index contributed by atoms with van der Waals surface area (Å²) in [6, 6.07) is 3.91. The molecule has 1 N–H and O–H groups in total. The van der Waals surface area contributed by atoms with E-state index in [-0.39, 0.29) is 18.5 Å². The summed E-state index contributed by atoms with van der Waals surface area (Å²) in [5.41, 5.74) is 0. The van der Waals surface area contributed by atoms with Crippen LogP contribution in [0.15, 0.2) is 12.1 Å². The predicted octanol–water partition coefficient (Wildman–Crippen LogP) is 2.41. The van der Waals surface area contributed by atoms with Crippen LogP contribution < -0.4 is 5.32 Å². The highest BCUT2D eigenvalue weighted by Crippen LogP contribution is 2.29. The molecule has 2 fully saturated rings. The minimum atomic E-state index is -3.36.